The minimum Gasteiger partial charge on any atom is -0.378 e. The molecule has 1 aromatic carbocycles. The fourth-order valence-electron chi connectivity index (χ4n) is 2.54. The van der Waals surface area contributed by atoms with Crippen LogP contribution >= 0.6 is 34.5 Å². The lowest BCUT2D eigenvalue weighted by Gasteiger charge is -2.19. The van der Waals surface area contributed by atoms with Gasteiger partial charge in [-0.05, 0) is 42.7 Å². The van der Waals surface area contributed by atoms with Gasteiger partial charge in [-0.15, -0.1) is 11.3 Å². The summed E-state index contributed by atoms with van der Waals surface area (Å²) in [5.74, 6) is 0. The van der Waals surface area contributed by atoms with Crippen LogP contribution in [0.4, 0.5) is 18.9 Å². The average Bonchev–Trinajstić information content (AvgIpc) is 2.91. The van der Waals surface area contributed by atoms with Crippen LogP contribution in [0.3, 0.4) is 0 Å². The highest BCUT2D eigenvalue weighted by atomic mass is 35.5. The van der Waals surface area contributed by atoms with Gasteiger partial charge in [-0.25, -0.2) is 0 Å². The molecular formula is C14H10Cl2F3NS. The Morgan fingerprint density at radius 3 is 2.67 bits per heavy atom. The standard InChI is InChI=1S/C14H10Cl2F3NS/c15-7-1-2-11(9(5-7)14(17,18)19)20-10-3-4-12-8(10)6-13(16)21-12/h1-2,5-6,10,20H,3-4H2. The first-order chi connectivity index (χ1) is 9.84. The highest BCUT2D eigenvalue weighted by Crippen LogP contribution is 2.43. The van der Waals surface area contributed by atoms with Crippen LogP contribution in [0, 0.1) is 0 Å². The van der Waals surface area contributed by atoms with E-state index in [1.165, 1.54) is 23.5 Å². The normalized spacial score (nSPS) is 17.9. The molecule has 0 aliphatic heterocycles. The number of alkyl halides is 3. The predicted molar refractivity (Wildman–Crippen MR) is 80.5 cm³/mol. The second-order valence-electron chi connectivity index (χ2n) is 4.85. The number of hydrogen-bond donors (Lipinski definition) is 1. The first-order valence-electron chi connectivity index (χ1n) is 6.26. The Labute approximate surface area is 133 Å². The van der Waals surface area contributed by atoms with Gasteiger partial charge in [0, 0.05) is 15.6 Å². The molecule has 0 saturated heterocycles. The molecule has 0 spiro atoms. The van der Waals surface area contributed by atoms with Crippen LogP contribution in [-0.2, 0) is 12.6 Å². The Hall–Kier alpha value is -0.910. The first kappa shape index (κ1) is 15.0. The monoisotopic (exact) mass is 351 g/mol. The summed E-state index contributed by atoms with van der Waals surface area (Å²) in [6, 6.07) is 5.45. The van der Waals surface area contributed by atoms with E-state index in [2.05, 4.69) is 5.32 Å². The number of rotatable bonds is 2. The highest BCUT2D eigenvalue weighted by molar-refractivity contribution is 7.16. The maximum Gasteiger partial charge on any atom is 0.418 e. The third kappa shape index (κ3) is 3.00. The van der Waals surface area contributed by atoms with Crippen LogP contribution in [0.1, 0.15) is 28.5 Å². The molecular weight excluding hydrogens is 342 g/mol. The molecule has 0 saturated carbocycles. The maximum atomic E-state index is 13.1. The summed E-state index contributed by atoms with van der Waals surface area (Å²) in [7, 11) is 0. The molecule has 1 aromatic heterocycles. The summed E-state index contributed by atoms with van der Waals surface area (Å²) in [4.78, 5) is 1.14. The number of halogens is 5. The van der Waals surface area contributed by atoms with Gasteiger partial charge in [-0.3, -0.25) is 0 Å². The number of benzene rings is 1. The molecule has 112 valence electrons. The van der Waals surface area contributed by atoms with Crippen molar-refractivity contribution < 1.29 is 13.2 Å². The van der Waals surface area contributed by atoms with E-state index in [0.717, 1.165) is 29.3 Å². The van der Waals surface area contributed by atoms with Gasteiger partial charge in [0.15, 0.2) is 0 Å². The second kappa shape index (κ2) is 5.38. The van der Waals surface area contributed by atoms with Crippen LogP contribution in [0.2, 0.25) is 9.36 Å². The van der Waals surface area contributed by atoms with Crippen LogP contribution in [0.5, 0.6) is 0 Å². The minimum atomic E-state index is -4.44. The quantitative estimate of drug-likeness (QED) is 0.681. The molecule has 21 heavy (non-hydrogen) atoms. The lowest BCUT2D eigenvalue weighted by Crippen LogP contribution is -2.13. The predicted octanol–water partition coefficient (Wildman–Crippen LogP) is 6.17. The molecule has 1 heterocycles. The molecule has 1 N–H and O–H groups in total. The molecule has 2 aromatic rings. The third-order valence-electron chi connectivity index (χ3n) is 3.46. The van der Waals surface area contributed by atoms with E-state index in [9.17, 15) is 13.2 Å². The van der Waals surface area contributed by atoms with Gasteiger partial charge in [0.2, 0.25) is 0 Å². The van der Waals surface area contributed by atoms with E-state index in [4.69, 9.17) is 23.2 Å². The molecule has 0 radical (unpaired) electrons. The van der Waals surface area contributed by atoms with Gasteiger partial charge >= 0.3 is 6.18 Å². The average molecular weight is 352 g/mol. The van der Waals surface area contributed by atoms with Crippen molar-refractivity contribution in [1.29, 1.82) is 0 Å². The SMILES string of the molecule is FC(F)(F)c1cc(Cl)ccc1NC1CCc2sc(Cl)cc21. The largest absolute Gasteiger partial charge is 0.418 e. The Bertz CT molecular complexity index is 681. The summed E-state index contributed by atoms with van der Waals surface area (Å²) in [5.41, 5.74) is 0.296. The number of thiophene rings is 1. The van der Waals surface area contributed by atoms with E-state index < -0.39 is 11.7 Å². The Morgan fingerprint density at radius 1 is 1.19 bits per heavy atom. The van der Waals surface area contributed by atoms with Crippen molar-refractivity contribution in [1.82, 2.24) is 0 Å². The van der Waals surface area contributed by atoms with Gasteiger partial charge in [0.05, 0.1) is 15.9 Å². The summed E-state index contributed by atoms with van der Waals surface area (Å²) in [6.07, 6.45) is -2.85. The number of anilines is 1. The van der Waals surface area contributed by atoms with Crippen molar-refractivity contribution in [3.8, 4) is 0 Å². The van der Waals surface area contributed by atoms with Crippen molar-refractivity contribution in [2.75, 3.05) is 5.32 Å². The van der Waals surface area contributed by atoms with Crippen LogP contribution < -0.4 is 5.32 Å². The molecule has 1 aliphatic rings. The van der Waals surface area contributed by atoms with Crippen molar-refractivity contribution in [2.45, 2.75) is 25.1 Å². The number of aryl methyl sites for hydroxylation is 1. The first-order valence-corrected chi connectivity index (χ1v) is 7.83. The van der Waals surface area contributed by atoms with Crippen molar-refractivity contribution in [2.24, 2.45) is 0 Å². The van der Waals surface area contributed by atoms with E-state index in [1.54, 1.807) is 0 Å². The topological polar surface area (TPSA) is 12.0 Å². The molecule has 7 heteroatoms. The lowest BCUT2D eigenvalue weighted by molar-refractivity contribution is -0.137. The second-order valence-corrected chi connectivity index (χ2v) is 7.06. The Kier molecular flexibility index (Phi) is 3.84. The summed E-state index contributed by atoms with van der Waals surface area (Å²) in [6.45, 7) is 0. The van der Waals surface area contributed by atoms with E-state index in [-0.39, 0.29) is 16.8 Å². The molecule has 0 bridgehead atoms. The smallest absolute Gasteiger partial charge is 0.378 e. The summed E-state index contributed by atoms with van der Waals surface area (Å²) >= 11 is 13.1. The zero-order chi connectivity index (χ0) is 15.2. The Morgan fingerprint density at radius 2 is 1.95 bits per heavy atom. The molecule has 1 unspecified atom stereocenters. The van der Waals surface area contributed by atoms with Gasteiger partial charge < -0.3 is 5.32 Å². The van der Waals surface area contributed by atoms with Crippen molar-refractivity contribution in [3.05, 3.63) is 49.6 Å². The van der Waals surface area contributed by atoms with Crippen LogP contribution in [-0.4, -0.2) is 0 Å². The lowest BCUT2D eigenvalue weighted by atomic mass is 10.1. The number of fused-ring (bicyclic) bond motifs is 1. The number of hydrogen-bond acceptors (Lipinski definition) is 2. The molecule has 3 rings (SSSR count). The maximum absolute atomic E-state index is 13.1. The molecule has 0 amide bonds. The van der Waals surface area contributed by atoms with Crippen molar-refractivity contribution in [3.63, 3.8) is 0 Å². The zero-order valence-corrected chi connectivity index (χ0v) is 12.9. The fraction of sp³-hybridized carbons (Fsp3) is 0.286. The third-order valence-corrected chi connectivity index (χ3v) is 5.04. The molecule has 1 aliphatic carbocycles. The van der Waals surface area contributed by atoms with E-state index >= 15 is 0 Å². The van der Waals surface area contributed by atoms with Crippen molar-refractivity contribution >= 4 is 40.2 Å². The summed E-state index contributed by atoms with van der Waals surface area (Å²) < 4.78 is 39.9. The zero-order valence-electron chi connectivity index (χ0n) is 10.6. The van der Waals surface area contributed by atoms with Gasteiger partial charge in [0.25, 0.3) is 0 Å². The van der Waals surface area contributed by atoms with E-state index in [0.29, 0.717) is 4.34 Å². The fourth-order valence-corrected chi connectivity index (χ4v) is 4.07. The van der Waals surface area contributed by atoms with Gasteiger partial charge in [-0.1, -0.05) is 23.2 Å². The van der Waals surface area contributed by atoms with Gasteiger partial charge in [-0.2, -0.15) is 13.2 Å². The van der Waals surface area contributed by atoms with Gasteiger partial charge in [0.1, 0.15) is 0 Å². The van der Waals surface area contributed by atoms with E-state index in [1.807, 2.05) is 6.07 Å². The molecule has 1 nitrogen and oxygen atoms in total. The molecule has 0 fully saturated rings. The highest BCUT2D eigenvalue weighted by Gasteiger charge is 2.35. The Balaban J connectivity index is 1.93. The summed E-state index contributed by atoms with van der Waals surface area (Å²) in [5, 5.41) is 3.05. The minimum absolute atomic E-state index is 0.0482. The molecule has 1 atom stereocenters. The van der Waals surface area contributed by atoms with Crippen LogP contribution in [0.25, 0.3) is 0 Å². The number of nitrogens with one attached hydrogen (secondary N) is 1. The van der Waals surface area contributed by atoms with Crippen LogP contribution in [0.15, 0.2) is 24.3 Å².